The number of rotatable bonds is 12. The van der Waals surface area contributed by atoms with Crippen LogP contribution in [-0.2, 0) is 13.1 Å². The minimum atomic E-state index is 0.771. The van der Waals surface area contributed by atoms with Crippen LogP contribution in [0, 0.1) is 0 Å². The van der Waals surface area contributed by atoms with Crippen LogP contribution in [-0.4, -0.2) is 15.6 Å². The summed E-state index contributed by atoms with van der Waals surface area (Å²) < 4.78 is 2.25. The zero-order valence-corrected chi connectivity index (χ0v) is 13.1. The second kappa shape index (κ2) is 9.17. The minimum absolute atomic E-state index is 0.771. The standard InChI is InChI=1S/C17H31N3/c1-2-3-4-5-6-7-8-9-12-20-14-17(19-15-20)13-18-16-10-11-16/h14-16,18H,2-13H2,1H3. The van der Waals surface area contributed by atoms with Crippen LogP contribution in [0.3, 0.4) is 0 Å². The summed E-state index contributed by atoms with van der Waals surface area (Å²) in [6.07, 6.45) is 18.0. The zero-order valence-electron chi connectivity index (χ0n) is 13.1. The molecule has 1 aromatic heterocycles. The van der Waals surface area contributed by atoms with Gasteiger partial charge in [0.05, 0.1) is 12.0 Å². The molecule has 0 radical (unpaired) electrons. The Morgan fingerprint density at radius 2 is 1.80 bits per heavy atom. The fourth-order valence-electron chi connectivity index (χ4n) is 2.58. The average molecular weight is 277 g/mol. The number of aromatic nitrogens is 2. The SMILES string of the molecule is CCCCCCCCCCn1cnc(CNC2CC2)c1. The molecule has 0 bridgehead atoms. The summed E-state index contributed by atoms with van der Waals surface area (Å²) in [5.74, 6) is 0. The molecule has 1 saturated carbocycles. The second-order valence-electron chi connectivity index (χ2n) is 6.23. The molecule has 1 fully saturated rings. The molecule has 0 unspecified atom stereocenters. The van der Waals surface area contributed by atoms with Crippen molar-refractivity contribution in [2.75, 3.05) is 0 Å². The highest BCUT2D eigenvalue weighted by Gasteiger charge is 2.20. The lowest BCUT2D eigenvalue weighted by atomic mass is 10.1. The van der Waals surface area contributed by atoms with E-state index in [1.54, 1.807) is 0 Å². The Hall–Kier alpha value is -0.830. The quantitative estimate of drug-likeness (QED) is 0.578. The van der Waals surface area contributed by atoms with Crippen molar-refractivity contribution in [1.82, 2.24) is 14.9 Å². The Balaban J connectivity index is 1.46. The number of aryl methyl sites for hydroxylation is 1. The van der Waals surface area contributed by atoms with E-state index in [-0.39, 0.29) is 0 Å². The maximum atomic E-state index is 4.47. The van der Waals surface area contributed by atoms with Crippen LogP contribution in [0.4, 0.5) is 0 Å². The van der Waals surface area contributed by atoms with Crippen LogP contribution in [0.5, 0.6) is 0 Å². The van der Waals surface area contributed by atoms with Crippen LogP contribution in [0.1, 0.15) is 76.8 Å². The van der Waals surface area contributed by atoms with E-state index in [1.807, 2.05) is 6.33 Å². The molecular weight excluding hydrogens is 246 g/mol. The minimum Gasteiger partial charge on any atom is -0.337 e. The van der Waals surface area contributed by atoms with Crippen LogP contribution >= 0.6 is 0 Å². The van der Waals surface area contributed by atoms with Gasteiger partial charge in [0.15, 0.2) is 0 Å². The molecule has 114 valence electrons. The van der Waals surface area contributed by atoms with Crippen molar-refractivity contribution in [3.63, 3.8) is 0 Å². The third-order valence-corrected chi connectivity index (χ3v) is 4.11. The normalized spacial score (nSPS) is 14.8. The molecule has 0 saturated heterocycles. The third-order valence-electron chi connectivity index (χ3n) is 4.11. The van der Waals surface area contributed by atoms with E-state index in [0.717, 1.165) is 19.1 Å². The smallest absolute Gasteiger partial charge is 0.0949 e. The van der Waals surface area contributed by atoms with E-state index in [2.05, 4.69) is 28.0 Å². The third kappa shape index (κ3) is 6.56. The Morgan fingerprint density at radius 1 is 1.10 bits per heavy atom. The zero-order chi connectivity index (χ0) is 14.0. The summed E-state index contributed by atoms with van der Waals surface area (Å²) in [5, 5.41) is 3.51. The summed E-state index contributed by atoms with van der Waals surface area (Å²) in [5.41, 5.74) is 1.19. The number of imidazole rings is 1. The predicted octanol–water partition coefficient (Wildman–Crippen LogP) is 4.28. The average Bonchev–Trinajstić information content (AvgIpc) is 3.18. The molecule has 2 rings (SSSR count). The fourth-order valence-corrected chi connectivity index (χ4v) is 2.58. The first-order valence-electron chi connectivity index (χ1n) is 8.62. The molecule has 0 aliphatic heterocycles. The van der Waals surface area contributed by atoms with Gasteiger partial charge in [-0.15, -0.1) is 0 Å². The molecule has 1 aliphatic carbocycles. The van der Waals surface area contributed by atoms with Gasteiger partial charge >= 0.3 is 0 Å². The predicted molar refractivity (Wildman–Crippen MR) is 84.7 cm³/mol. The van der Waals surface area contributed by atoms with Crippen molar-refractivity contribution in [1.29, 1.82) is 0 Å². The van der Waals surface area contributed by atoms with Crippen molar-refractivity contribution in [2.24, 2.45) is 0 Å². The first kappa shape index (κ1) is 15.6. The molecule has 0 aromatic carbocycles. The summed E-state index contributed by atoms with van der Waals surface area (Å²) in [6, 6.07) is 0.771. The fraction of sp³-hybridized carbons (Fsp3) is 0.824. The molecule has 0 atom stereocenters. The van der Waals surface area contributed by atoms with Gasteiger partial charge in [-0.2, -0.15) is 0 Å². The van der Waals surface area contributed by atoms with Crippen LogP contribution in [0.25, 0.3) is 0 Å². The number of hydrogen-bond donors (Lipinski definition) is 1. The topological polar surface area (TPSA) is 29.9 Å². The van der Waals surface area contributed by atoms with Gasteiger partial charge < -0.3 is 9.88 Å². The Kier molecular flexibility index (Phi) is 7.13. The van der Waals surface area contributed by atoms with E-state index < -0.39 is 0 Å². The number of unbranched alkanes of at least 4 members (excludes halogenated alkanes) is 7. The monoisotopic (exact) mass is 277 g/mol. The van der Waals surface area contributed by atoms with Gasteiger partial charge in [-0.1, -0.05) is 51.9 Å². The van der Waals surface area contributed by atoms with Gasteiger partial charge in [-0.25, -0.2) is 4.98 Å². The van der Waals surface area contributed by atoms with Crippen molar-refractivity contribution >= 4 is 0 Å². The second-order valence-corrected chi connectivity index (χ2v) is 6.23. The highest BCUT2D eigenvalue weighted by atomic mass is 15.1. The molecule has 20 heavy (non-hydrogen) atoms. The molecule has 1 N–H and O–H groups in total. The largest absolute Gasteiger partial charge is 0.337 e. The van der Waals surface area contributed by atoms with E-state index in [0.29, 0.717) is 0 Å². The first-order valence-corrected chi connectivity index (χ1v) is 8.62. The highest BCUT2D eigenvalue weighted by Crippen LogP contribution is 2.19. The van der Waals surface area contributed by atoms with E-state index >= 15 is 0 Å². The summed E-state index contributed by atoms with van der Waals surface area (Å²) in [4.78, 5) is 4.47. The number of nitrogens with zero attached hydrogens (tertiary/aromatic N) is 2. The molecule has 3 nitrogen and oxygen atoms in total. The van der Waals surface area contributed by atoms with Crippen molar-refractivity contribution in [3.8, 4) is 0 Å². The van der Waals surface area contributed by atoms with Crippen molar-refractivity contribution in [2.45, 2.75) is 90.3 Å². The highest BCUT2D eigenvalue weighted by molar-refractivity contribution is 4.97. The first-order chi connectivity index (χ1) is 9.88. The van der Waals surface area contributed by atoms with Crippen LogP contribution in [0.15, 0.2) is 12.5 Å². The molecule has 3 heteroatoms. The molecule has 1 aliphatic rings. The van der Waals surface area contributed by atoms with E-state index in [4.69, 9.17) is 0 Å². The van der Waals surface area contributed by atoms with Crippen LogP contribution in [0.2, 0.25) is 0 Å². The van der Waals surface area contributed by atoms with Crippen molar-refractivity contribution in [3.05, 3.63) is 18.2 Å². The summed E-state index contributed by atoms with van der Waals surface area (Å²) >= 11 is 0. The Morgan fingerprint density at radius 3 is 2.50 bits per heavy atom. The van der Waals surface area contributed by atoms with Gasteiger partial charge in [0, 0.05) is 25.3 Å². The van der Waals surface area contributed by atoms with E-state index in [1.165, 1.54) is 69.9 Å². The maximum Gasteiger partial charge on any atom is 0.0949 e. The summed E-state index contributed by atoms with van der Waals surface area (Å²) in [7, 11) is 0. The van der Waals surface area contributed by atoms with Gasteiger partial charge in [-0.05, 0) is 19.3 Å². The summed E-state index contributed by atoms with van der Waals surface area (Å²) in [6.45, 7) is 4.35. The molecular formula is C17H31N3. The Labute approximate surface area is 124 Å². The molecule has 1 heterocycles. The lowest BCUT2D eigenvalue weighted by Gasteiger charge is -2.03. The maximum absolute atomic E-state index is 4.47. The number of nitrogens with one attached hydrogen (secondary N) is 1. The van der Waals surface area contributed by atoms with Crippen molar-refractivity contribution < 1.29 is 0 Å². The number of hydrogen-bond acceptors (Lipinski definition) is 2. The lowest BCUT2D eigenvalue weighted by Crippen LogP contribution is -2.15. The van der Waals surface area contributed by atoms with E-state index in [9.17, 15) is 0 Å². The van der Waals surface area contributed by atoms with Gasteiger partial charge in [-0.3, -0.25) is 0 Å². The van der Waals surface area contributed by atoms with Gasteiger partial charge in [0.25, 0.3) is 0 Å². The van der Waals surface area contributed by atoms with Gasteiger partial charge in [0.2, 0.25) is 0 Å². The molecule has 1 aromatic rings. The molecule has 0 amide bonds. The Bertz CT molecular complexity index is 355. The van der Waals surface area contributed by atoms with Crippen LogP contribution < -0.4 is 5.32 Å². The molecule has 0 spiro atoms. The van der Waals surface area contributed by atoms with Gasteiger partial charge in [0.1, 0.15) is 0 Å². The lowest BCUT2D eigenvalue weighted by molar-refractivity contribution is 0.543.